The molecule has 0 unspecified atom stereocenters. The van der Waals surface area contributed by atoms with Gasteiger partial charge in [-0.25, -0.2) is 9.59 Å². The van der Waals surface area contributed by atoms with E-state index in [-0.39, 0.29) is 12.1 Å². The first-order valence-corrected chi connectivity index (χ1v) is 17.8. The van der Waals surface area contributed by atoms with Crippen LogP contribution >= 0.6 is 0 Å². The summed E-state index contributed by atoms with van der Waals surface area (Å²) in [4.78, 5) is 25.1. The maximum absolute atomic E-state index is 12.7. The second kappa shape index (κ2) is 22.5. The van der Waals surface area contributed by atoms with Crippen molar-refractivity contribution in [2.45, 2.75) is 123 Å². The van der Waals surface area contributed by atoms with Crippen LogP contribution < -0.4 is 9.47 Å². The lowest BCUT2D eigenvalue weighted by molar-refractivity contribution is 0.0319. The number of rotatable bonds is 23. The molecule has 0 aliphatic carbocycles. The Morgan fingerprint density at radius 3 is 1.57 bits per heavy atom. The fourth-order valence-electron chi connectivity index (χ4n) is 5.16. The zero-order valence-electron chi connectivity index (χ0n) is 28.8. The van der Waals surface area contributed by atoms with Crippen molar-refractivity contribution in [2.24, 2.45) is 10.2 Å². The van der Waals surface area contributed by atoms with Crippen LogP contribution in [0.25, 0.3) is 0 Å². The fourth-order valence-corrected chi connectivity index (χ4v) is 5.16. The minimum atomic E-state index is -0.502. The number of carbonyl (C=O) groups is 2. The highest BCUT2D eigenvalue weighted by Gasteiger charge is 2.14. The Hall–Kier alpha value is -4.00. The van der Waals surface area contributed by atoms with Crippen molar-refractivity contribution in [3.63, 3.8) is 0 Å². The van der Waals surface area contributed by atoms with Crippen molar-refractivity contribution in [1.82, 2.24) is 0 Å². The molecule has 0 spiro atoms. The van der Waals surface area contributed by atoms with E-state index in [2.05, 4.69) is 24.1 Å². The van der Waals surface area contributed by atoms with Crippen LogP contribution in [-0.4, -0.2) is 24.6 Å². The summed E-state index contributed by atoms with van der Waals surface area (Å²) in [5, 5.41) is 8.58. The van der Waals surface area contributed by atoms with Gasteiger partial charge in [0.25, 0.3) is 0 Å². The molecule has 0 aromatic heterocycles. The Labute approximate surface area is 282 Å². The fraction of sp³-hybridized carbons (Fsp3) is 0.500. The molecule has 3 rings (SSSR count). The first kappa shape index (κ1) is 37.5. The highest BCUT2D eigenvalue weighted by atomic mass is 16.5. The first-order valence-electron chi connectivity index (χ1n) is 17.8. The van der Waals surface area contributed by atoms with Gasteiger partial charge in [0.15, 0.2) is 0 Å². The largest absolute Gasteiger partial charge is 0.494 e. The van der Waals surface area contributed by atoms with E-state index in [0.29, 0.717) is 28.3 Å². The molecule has 0 fully saturated rings. The summed E-state index contributed by atoms with van der Waals surface area (Å²) in [7, 11) is 0. The third-order valence-electron chi connectivity index (χ3n) is 8.06. The minimum absolute atomic E-state index is 0.136. The lowest BCUT2D eigenvalue weighted by Gasteiger charge is -2.13. The van der Waals surface area contributed by atoms with Crippen LogP contribution in [0.5, 0.6) is 11.5 Å². The average molecular weight is 643 g/mol. The predicted molar refractivity (Wildman–Crippen MR) is 189 cm³/mol. The number of unbranched alkanes of at least 4 members (excludes halogenated alkanes) is 12. The molecule has 0 amide bonds. The first-order chi connectivity index (χ1) is 23.0. The lowest BCUT2D eigenvalue weighted by Crippen LogP contribution is -2.15. The molecule has 3 aromatic rings. The molecule has 254 valence electrons. The molecule has 0 radical (unpaired) electrons. The van der Waals surface area contributed by atoms with Crippen molar-refractivity contribution >= 4 is 23.3 Å². The van der Waals surface area contributed by atoms with E-state index in [0.717, 1.165) is 38.0 Å². The Morgan fingerprint density at radius 1 is 0.553 bits per heavy atom. The second-order valence-electron chi connectivity index (χ2n) is 12.3. The Morgan fingerprint density at radius 2 is 1.00 bits per heavy atom. The molecule has 3 aromatic carbocycles. The molecule has 0 aliphatic heterocycles. The van der Waals surface area contributed by atoms with E-state index in [1.165, 1.54) is 70.6 Å². The van der Waals surface area contributed by atoms with Gasteiger partial charge in [0, 0.05) is 0 Å². The van der Waals surface area contributed by atoms with Crippen molar-refractivity contribution in [2.75, 3.05) is 6.61 Å². The van der Waals surface area contributed by atoms with Gasteiger partial charge >= 0.3 is 11.9 Å². The highest BCUT2D eigenvalue weighted by Crippen LogP contribution is 2.23. The van der Waals surface area contributed by atoms with Gasteiger partial charge < -0.3 is 14.2 Å². The Bertz CT molecular complexity index is 1320. The summed E-state index contributed by atoms with van der Waals surface area (Å²) in [6, 6.07) is 20.7. The zero-order chi connectivity index (χ0) is 33.5. The quantitative estimate of drug-likeness (QED) is 0.0444. The molecule has 0 N–H and O–H groups in total. The monoisotopic (exact) mass is 642 g/mol. The Balaban J connectivity index is 1.35. The number of hydrogen-bond donors (Lipinski definition) is 0. The molecule has 0 aliphatic rings. The van der Waals surface area contributed by atoms with Crippen molar-refractivity contribution < 1.29 is 23.8 Å². The maximum atomic E-state index is 12.7. The summed E-state index contributed by atoms with van der Waals surface area (Å²) < 4.78 is 16.9. The molecule has 0 heterocycles. The van der Waals surface area contributed by atoms with Gasteiger partial charge in [-0.3, -0.25) is 0 Å². The molecule has 47 heavy (non-hydrogen) atoms. The molecule has 0 saturated carbocycles. The van der Waals surface area contributed by atoms with E-state index in [4.69, 9.17) is 14.2 Å². The van der Waals surface area contributed by atoms with Crippen LogP contribution in [0.1, 0.15) is 138 Å². The number of esters is 2. The van der Waals surface area contributed by atoms with E-state index in [9.17, 15) is 9.59 Å². The molecule has 7 nitrogen and oxygen atoms in total. The number of azo groups is 1. The molecule has 7 heteroatoms. The standard InChI is InChI=1S/C40H54N2O5/c1-4-6-8-10-11-12-13-14-15-17-31-45-37-29-25-36(26-30-37)42-41-35-23-19-33(20-24-35)40(44)47-38-27-21-34(22-28-38)39(43)46-32(3)18-16-9-7-5-2/h19-30,32H,4-18,31H2,1-3H3/t32-/m0/s1. The van der Waals surface area contributed by atoms with E-state index in [1.54, 1.807) is 48.5 Å². The van der Waals surface area contributed by atoms with Crippen molar-refractivity contribution in [3.05, 3.63) is 83.9 Å². The van der Waals surface area contributed by atoms with Crippen LogP contribution in [0.2, 0.25) is 0 Å². The Kier molecular flexibility index (Phi) is 17.9. The topological polar surface area (TPSA) is 86.5 Å². The molecule has 1 atom stereocenters. The van der Waals surface area contributed by atoms with Crippen LogP contribution in [0.3, 0.4) is 0 Å². The highest BCUT2D eigenvalue weighted by molar-refractivity contribution is 5.92. The van der Waals surface area contributed by atoms with Gasteiger partial charge in [-0.1, -0.05) is 90.9 Å². The number of benzene rings is 3. The van der Waals surface area contributed by atoms with E-state index >= 15 is 0 Å². The average Bonchev–Trinajstić information content (AvgIpc) is 3.09. The van der Waals surface area contributed by atoms with Crippen LogP contribution in [0, 0.1) is 0 Å². The second-order valence-corrected chi connectivity index (χ2v) is 12.3. The lowest BCUT2D eigenvalue weighted by atomic mass is 10.1. The minimum Gasteiger partial charge on any atom is -0.494 e. The summed E-state index contributed by atoms with van der Waals surface area (Å²) in [5.74, 6) is 0.302. The maximum Gasteiger partial charge on any atom is 0.343 e. The summed E-state index contributed by atoms with van der Waals surface area (Å²) in [5.41, 5.74) is 2.14. The molecular formula is C40H54N2O5. The number of hydrogen-bond acceptors (Lipinski definition) is 7. The van der Waals surface area contributed by atoms with Crippen LogP contribution in [-0.2, 0) is 4.74 Å². The predicted octanol–water partition coefficient (Wildman–Crippen LogP) is 12.1. The van der Waals surface area contributed by atoms with Gasteiger partial charge in [-0.15, -0.1) is 0 Å². The van der Waals surface area contributed by atoms with Gasteiger partial charge in [0.2, 0.25) is 0 Å². The summed E-state index contributed by atoms with van der Waals surface area (Å²) >= 11 is 0. The van der Waals surface area contributed by atoms with E-state index < -0.39 is 5.97 Å². The number of carbonyl (C=O) groups excluding carboxylic acids is 2. The smallest absolute Gasteiger partial charge is 0.343 e. The van der Waals surface area contributed by atoms with Gasteiger partial charge in [0.05, 0.1) is 35.2 Å². The number of ether oxygens (including phenoxy) is 3. The van der Waals surface area contributed by atoms with E-state index in [1.807, 2.05) is 31.2 Å². The normalized spacial score (nSPS) is 11.8. The molecular weight excluding hydrogens is 588 g/mol. The third kappa shape index (κ3) is 15.4. The van der Waals surface area contributed by atoms with Gasteiger partial charge in [0.1, 0.15) is 11.5 Å². The number of nitrogens with zero attached hydrogens (tertiary/aromatic N) is 2. The third-order valence-corrected chi connectivity index (χ3v) is 8.06. The van der Waals surface area contributed by atoms with Crippen LogP contribution in [0.15, 0.2) is 83.0 Å². The van der Waals surface area contributed by atoms with Gasteiger partial charge in [-0.2, -0.15) is 10.2 Å². The van der Waals surface area contributed by atoms with Crippen molar-refractivity contribution in [3.8, 4) is 11.5 Å². The van der Waals surface area contributed by atoms with Crippen LogP contribution in [0.4, 0.5) is 11.4 Å². The molecule has 0 bridgehead atoms. The van der Waals surface area contributed by atoms with Crippen molar-refractivity contribution in [1.29, 1.82) is 0 Å². The SMILES string of the molecule is CCCCCCCCCCCCOc1ccc(N=Nc2ccc(C(=O)Oc3ccc(C(=O)O[C@@H](C)CCCCCC)cc3)cc2)cc1. The molecule has 0 saturated heterocycles. The summed E-state index contributed by atoms with van der Waals surface area (Å²) in [6.45, 7) is 7.07. The zero-order valence-corrected chi connectivity index (χ0v) is 28.8. The summed E-state index contributed by atoms with van der Waals surface area (Å²) in [6.07, 6.45) is 18.3. The van der Waals surface area contributed by atoms with Gasteiger partial charge in [-0.05, 0) is 99.0 Å².